The first kappa shape index (κ1) is 64.8. The summed E-state index contributed by atoms with van der Waals surface area (Å²) in [6.07, 6.45) is 23.0. The number of carbonyl (C=O) groups excluding carboxylic acids is 6. The minimum absolute atomic E-state index is 0.128. The van der Waals surface area contributed by atoms with Crippen LogP contribution in [0.15, 0.2) is 30.3 Å². The van der Waals surface area contributed by atoms with Crippen LogP contribution < -0.4 is 0 Å². The van der Waals surface area contributed by atoms with Gasteiger partial charge in [-0.2, -0.15) is 0 Å². The fourth-order valence-electron chi connectivity index (χ4n) is 7.92. The minimum atomic E-state index is -1.01. The number of hydrogen-bond donors (Lipinski definition) is 0. The van der Waals surface area contributed by atoms with Gasteiger partial charge in [0.05, 0.1) is 25.7 Å². The van der Waals surface area contributed by atoms with Crippen LogP contribution in [-0.4, -0.2) is 98.7 Å². The molecule has 0 saturated carbocycles. The van der Waals surface area contributed by atoms with Crippen molar-refractivity contribution in [3.63, 3.8) is 0 Å². The maximum absolute atomic E-state index is 12.9. The van der Waals surface area contributed by atoms with E-state index in [0.717, 1.165) is 44.3 Å². The Labute approximate surface area is 440 Å². The molecule has 14 nitrogen and oxygen atoms in total. The van der Waals surface area contributed by atoms with E-state index in [-0.39, 0.29) is 71.6 Å². The van der Waals surface area contributed by atoms with Crippen LogP contribution in [0.3, 0.4) is 0 Å². The SMILES string of the molecule is CCCCCCCCCCCCCC(=O)OCC(COC(=O)CCC(=O)OCC1OC(C)(CC)OC1COC(=O)CCC(=O)OCCSSCc1ccccc1)OC(=O)CCCCCCCCCCCCC. The smallest absolute Gasteiger partial charge is 0.306 e. The summed E-state index contributed by atoms with van der Waals surface area (Å²) in [7, 11) is 3.29. The summed E-state index contributed by atoms with van der Waals surface area (Å²) in [5.74, 6) is -2.88. The lowest BCUT2D eigenvalue weighted by Crippen LogP contribution is -2.33. The third kappa shape index (κ3) is 35.0. The molecule has 1 aliphatic rings. The Bertz CT molecular complexity index is 1600. The van der Waals surface area contributed by atoms with Crippen LogP contribution >= 0.6 is 21.6 Å². The second kappa shape index (κ2) is 43.0. The fraction of sp³-hybridized carbons (Fsp3) is 0.786. The van der Waals surface area contributed by atoms with Crippen molar-refractivity contribution in [2.45, 2.75) is 244 Å². The van der Waals surface area contributed by atoms with E-state index in [0.29, 0.717) is 25.0 Å². The van der Waals surface area contributed by atoms with Gasteiger partial charge >= 0.3 is 35.8 Å². The average molecular weight is 1050 g/mol. The lowest BCUT2D eigenvalue weighted by molar-refractivity contribution is -0.174. The number of hydrogen-bond acceptors (Lipinski definition) is 16. The van der Waals surface area contributed by atoms with Crippen molar-refractivity contribution in [1.29, 1.82) is 0 Å². The molecule has 0 radical (unpaired) electrons. The number of benzene rings is 1. The molecule has 0 bridgehead atoms. The molecule has 0 N–H and O–H groups in total. The van der Waals surface area contributed by atoms with E-state index in [1.165, 1.54) is 95.5 Å². The quantitative estimate of drug-likeness (QED) is 0.0260. The monoisotopic (exact) mass is 1050 g/mol. The van der Waals surface area contributed by atoms with Crippen LogP contribution in [0.4, 0.5) is 0 Å². The van der Waals surface area contributed by atoms with Crippen molar-refractivity contribution in [1.82, 2.24) is 0 Å². The Morgan fingerprint density at radius 1 is 0.486 bits per heavy atom. The minimum Gasteiger partial charge on any atom is -0.465 e. The van der Waals surface area contributed by atoms with Crippen molar-refractivity contribution < 1.29 is 66.7 Å². The molecule has 1 aromatic carbocycles. The van der Waals surface area contributed by atoms with Crippen LogP contribution in [0.1, 0.15) is 219 Å². The maximum atomic E-state index is 12.9. The van der Waals surface area contributed by atoms with E-state index < -0.39 is 59.9 Å². The lowest BCUT2D eigenvalue weighted by Gasteiger charge is -2.21. The highest BCUT2D eigenvalue weighted by Gasteiger charge is 2.44. The number of carbonyl (C=O) groups is 6. The van der Waals surface area contributed by atoms with Gasteiger partial charge in [-0.1, -0.05) is 201 Å². The zero-order chi connectivity index (χ0) is 52.3. The van der Waals surface area contributed by atoms with E-state index in [2.05, 4.69) is 26.0 Å². The summed E-state index contributed by atoms with van der Waals surface area (Å²) in [5.41, 5.74) is 1.22. The first-order valence-corrected chi connectivity index (χ1v) is 30.1. The summed E-state index contributed by atoms with van der Waals surface area (Å²) in [5, 5.41) is 0. The molecule has 4 unspecified atom stereocenters. The Morgan fingerprint density at radius 2 is 0.875 bits per heavy atom. The van der Waals surface area contributed by atoms with Gasteiger partial charge in [-0.15, -0.1) is 0 Å². The molecule has 0 aliphatic carbocycles. The van der Waals surface area contributed by atoms with Crippen molar-refractivity contribution >= 4 is 57.4 Å². The van der Waals surface area contributed by atoms with Gasteiger partial charge in [0.2, 0.25) is 0 Å². The molecular weight excluding hydrogens is 961 g/mol. The van der Waals surface area contributed by atoms with E-state index in [1.54, 1.807) is 28.5 Å². The molecule has 412 valence electrons. The second-order valence-electron chi connectivity index (χ2n) is 19.0. The van der Waals surface area contributed by atoms with Crippen LogP contribution in [0.25, 0.3) is 0 Å². The first-order valence-electron chi connectivity index (χ1n) is 27.6. The second-order valence-corrected chi connectivity index (χ2v) is 21.6. The van der Waals surface area contributed by atoms with Crippen LogP contribution in [0, 0.1) is 0 Å². The molecule has 72 heavy (non-hydrogen) atoms. The fourth-order valence-corrected chi connectivity index (χ4v) is 9.82. The largest absolute Gasteiger partial charge is 0.465 e. The molecule has 2 rings (SSSR count). The molecule has 0 amide bonds. The van der Waals surface area contributed by atoms with Crippen molar-refractivity contribution in [2.24, 2.45) is 0 Å². The highest BCUT2D eigenvalue weighted by atomic mass is 33.1. The summed E-state index contributed by atoms with van der Waals surface area (Å²) >= 11 is 0. The molecule has 1 fully saturated rings. The van der Waals surface area contributed by atoms with Gasteiger partial charge in [0, 0.05) is 24.3 Å². The van der Waals surface area contributed by atoms with Gasteiger partial charge in [-0.25, -0.2) is 0 Å². The Balaban J connectivity index is 1.73. The summed E-state index contributed by atoms with van der Waals surface area (Å²) in [4.78, 5) is 75.8. The number of esters is 6. The van der Waals surface area contributed by atoms with Gasteiger partial charge in [0.1, 0.15) is 45.2 Å². The average Bonchev–Trinajstić information content (AvgIpc) is 3.71. The van der Waals surface area contributed by atoms with Gasteiger partial charge in [0.15, 0.2) is 11.9 Å². The Kier molecular flexibility index (Phi) is 38.6. The number of ether oxygens (including phenoxy) is 8. The molecule has 1 saturated heterocycles. The Morgan fingerprint density at radius 3 is 1.32 bits per heavy atom. The van der Waals surface area contributed by atoms with Gasteiger partial charge in [-0.3, -0.25) is 28.8 Å². The van der Waals surface area contributed by atoms with Gasteiger partial charge in [0.25, 0.3) is 0 Å². The normalized spacial score (nSPS) is 16.7. The maximum Gasteiger partial charge on any atom is 0.306 e. The molecule has 16 heteroatoms. The first-order chi connectivity index (χ1) is 35.0. The molecule has 1 aromatic rings. The summed E-state index contributed by atoms with van der Waals surface area (Å²) in [6, 6.07) is 10.1. The van der Waals surface area contributed by atoms with Crippen molar-refractivity contribution in [3.8, 4) is 0 Å². The highest BCUT2D eigenvalue weighted by molar-refractivity contribution is 8.76. The molecule has 1 heterocycles. The number of unbranched alkanes of at least 4 members (excludes halogenated alkanes) is 20. The van der Waals surface area contributed by atoms with Crippen LogP contribution in [-0.2, 0) is 72.4 Å². The Hall–Kier alpha value is -3.34. The molecular formula is C56H92O14S2. The summed E-state index contributed by atoms with van der Waals surface area (Å²) < 4.78 is 44.7. The molecule has 4 atom stereocenters. The molecule has 0 spiro atoms. The van der Waals surface area contributed by atoms with Crippen molar-refractivity contribution in [3.05, 3.63) is 35.9 Å². The topological polar surface area (TPSA) is 176 Å². The van der Waals surface area contributed by atoms with E-state index in [1.807, 2.05) is 25.1 Å². The highest BCUT2D eigenvalue weighted by Crippen LogP contribution is 2.32. The zero-order valence-corrected chi connectivity index (χ0v) is 46.2. The third-order valence-electron chi connectivity index (χ3n) is 12.5. The standard InChI is InChI=1S/C56H92O14S2/c1-5-8-10-12-14-16-18-20-22-24-29-33-50(57)64-41-47(68-55(62)34-30-25-23-21-19-17-15-13-11-9-6-2)42-65-52(59)37-38-54(61)67-44-49-48(69-56(4,7-3)70-49)43-66-53(60)36-35-51(58)63-39-40-71-72-45-46-31-27-26-28-32-46/h26-28,31-32,47-49H,5-25,29-30,33-45H2,1-4H3. The van der Waals surface area contributed by atoms with E-state index >= 15 is 0 Å². The third-order valence-corrected chi connectivity index (χ3v) is 14.8. The lowest BCUT2D eigenvalue weighted by atomic mass is 10.1. The molecule has 0 aromatic heterocycles. The predicted molar refractivity (Wildman–Crippen MR) is 284 cm³/mol. The zero-order valence-electron chi connectivity index (χ0n) is 44.6. The predicted octanol–water partition coefficient (Wildman–Crippen LogP) is 13.1. The van der Waals surface area contributed by atoms with Crippen LogP contribution in [0.5, 0.6) is 0 Å². The molecule has 1 aliphatic heterocycles. The van der Waals surface area contributed by atoms with Crippen molar-refractivity contribution in [2.75, 3.05) is 38.8 Å². The van der Waals surface area contributed by atoms with E-state index in [9.17, 15) is 28.8 Å². The van der Waals surface area contributed by atoms with Crippen LogP contribution in [0.2, 0.25) is 0 Å². The van der Waals surface area contributed by atoms with Gasteiger partial charge in [-0.05, 0) is 31.7 Å². The summed E-state index contributed by atoms with van der Waals surface area (Å²) in [6.45, 7) is 7.30. The van der Waals surface area contributed by atoms with Gasteiger partial charge < -0.3 is 37.9 Å². The van der Waals surface area contributed by atoms with E-state index in [4.69, 9.17) is 37.9 Å². The number of rotatable bonds is 46.